The van der Waals surface area contributed by atoms with Crippen molar-refractivity contribution < 1.29 is 40.6 Å². The van der Waals surface area contributed by atoms with Gasteiger partial charge >= 0.3 is 6.36 Å². The van der Waals surface area contributed by atoms with E-state index in [0.29, 0.717) is 5.56 Å². The molecular formula is C20H13BrF5NO4. The van der Waals surface area contributed by atoms with E-state index in [1.54, 1.807) is 0 Å². The minimum Gasteiger partial charge on any atom is -0.478 e. The van der Waals surface area contributed by atoms with E-state index >= 15 is 0 Å². The van der Waals surface area contributed by atoms with Crippen LogP contribution in [0.5, 0.6) is 11.5 Å². The predicted molar refractivity (Wildman–Crippen MR) is 102 cm³/mol. The molecule has 1 atom stereocenters. The molecule has 1 aromatic heterocycles. The van der Waals surface area contributed by atoms with Crippen LogP contribution in [0.3, 0.4) is 0 Å². The molecule has 3 aromatic rings. The van der Waals surface area contributed by atoms with Gasteiger partial charge in [-0.3, -0.25) is 4.79 Å². The van der Waals surface area contributed by atoms with Crippen LogP contribution in [0.25, 0.3) is 11.3 Å². The second-order valence-electron chi connectivity index (χ2n) is 6.30. The van der Waals surface area contributed by atoms with Crippen molar-refractivity contribution in [1.82, 2.24) is 4.98 Å². The number of carbonyl (C=O) groups excluding carboxylic acids is 1. The standard InChI is InChI=1S/C20H13BrF5NO4/c1-9(28)15-13(22)7-8-14(16(15)23)29-10(2)19-27-17(18(21)30-19)11-3-5-12(6-4-11)31-20(24,25)26/h3-8,10H,1-2H3. The smallest absolute Gasteiger partial charge is 0.478 e. The Balaban J connectivity index is 1.82. The quantitative estimate of drug-likeness (QED) is 0.278. The topological polar surface area (TPSA) is 61.6 Å². The van der Waals surface area contributed by atoms with Crippen molar-refractivity contribution in [2.75, 3.05) is 0 Å². The summed E-state index contributed by atoms with van der Waals surface area (Å²) in [5.74, 6) is -3.73. The van der Waals surface area contributed by atoms with Gasteiger partial charge in [0.25, 0.3) is 0 Å². The monoisotopic (exact) mass is 505 g/mol. The van der Waals surface area contributed by atoms with Crippen molar-refractivity contribution in [2.45, 2.75) is 26.3 Å². The third-order valence-corrected chi connectivity index (χ3v) is 4.56. The first-order valence-corrected chi connectivity index (χ1v) is 9.43. The van der Waals surface area contributed by atoms with E-state index in [-0.39, 0.29) is 22.0 Å². The zero-order valence-electron chi connectivity index (χ0n) is 15.9. The minimum atomic E-state index is -4.81. The van der Waals surface area contributed by atoms with E-state index in [0.717, 1.165) is 31.2 Å². The summed E-state index contributed by atoms with van der Waals surface area (Å²) in [6.45, 7) is 2.51. The average Bonchev–Trinajstić information content (AvgIpc) is 3.05. The van der Waals surface area contributed by atoms with E-state index in [1.165, 1.54) is 19.1 Å². The number of oxazole rings is 1. The van der Waals surface area contributed by atoms with E-state index in [1.807, 2.05) is 0 Å². The molecule has 0 saturated heterocycles. The van der Waals surface area contributed by atoms with Crippen LogP contribution in [-0.4, -0.2) is 17.1 Å². The Morgan fingerprint density at radius 1 is 1.13 bits per heavy atom. The summed E-state index contributed by atoms with van der Waals surface area (Å²) in [5.41, 5.74) is -0.0522. The summed E-state index contributed by atoms with van der Waals surface area (Å²) in [6.07, 6.45) is -5.76. The van der Waals surface area contributed by atoms with E-state index in [9.17, 15) is 26.7 Å². The van der Waals surface area contributed by atoms with Gasteiger partial charge in [0.05, 0.1) is 5.56 Å². The SMILES string of the molecule is CC(=O)c1c(F)ccc(OC(C)c2nc(-c3ccc(OC(F)(F)F)cc3)c(Br)o2)c1F. The number of alkyl halides is 3. The Kier molecular flexibility index (Phi) is 6.35. The molecule has 0 aliphatic rings. The molecule has 0 saturated carbocycles. The number of halogens is 6. The van der Waals surface area contributed by atoms with Crippen molar-refractivity contribution in [3.63, 3.8) is 0 Å². The number of carbonyl (C=O) groups is 1. The third kappa shape index (κ3) is 5.22. The number of hydrogen-bond donors (Lipinski definition) is 0. The van der Waals surface area contributed by atoms with Crippen LogP contribution in [0.1, 0.15) is 36.2 Å². The lowest BCUT2D eigenvalue weighted by Crippen LogP contribution is -2.16. The summed E-state index contributed by atoms with van der Waals surface area (Å²) >= 11 is 3.17. The fourth-order valence-electron chi connectivity index (χ4n) is 2.67. The van der Waals surface area contributed by atoms with Crippen LogP contribution >= 0.6 is 15.9 Å². The first-order valence-electron chi connectivity index (χ1n) is 8.64. The third-order valence-electron chi connectivity index (χ3n) is 4.02. The van der Waals surface area contributed by atoms with Crippen molar-refractivity contribution >= 4 is 21.7 Å². The molecule has 1 unspecified atom stereocenters. The number of rotatable bonds is 6. The molecule has 1 heterocycles. The van der Waals surface area contributed by atoms with Crippen LogP contribution in [0, 0.1) is 11.6 Å². The second-order valence-corrected chi connectivity index (χ2v) is 7.02. The Morgan fingerprint density at radius 3 is 2.35 bits per heavy atom. The minimum absolute atomic E-state index is 0.00518. The van der Waals surface area contributed by atoms with Crippen LogP contribution in [-0.2, 0) is 0 Å². The molecule has 0 amide bonds. The van der Waals surface area contributed by atoms with Crippen LogP contribution in [0.15, 0.2) is 45.5 Å². The fourth-order valence-corrected chi connectivity index (χ4v) is 3.15. The van der Waals surface area contributed by atoms with Gasteiger partial charge in [0, 0.05) is 5.56 Å². The van der Waals surface area contributed by atoms with Gasteiger partial charge in [-0.1, -0.05) is 0 Å². The van der Waals surface area contributed by atoms with Gasteiger partial charge < -0.3 is 13.9 Å². The van der Waals surface area contributed by atoms with Gasteiger partial charge in [-0.05, 0) is 66.2 Å². The van der Waals surface area contributed by atoms with E-state index < -0.39 is 41.2 Å². The largest absolute Gasteiger partial charge is 0.573 e. The number of Topliss-reactive ketones (excluding diaryl/α,β-unsaturated/α-hetero) is 1. The normalized spacial score (nSPS) is 12.5. The molecule has 164 valence electrons. The Morgan fingerprint density at radius 2 is 1.77 bits per heavy atom. The number of ketones is 1. The molecule has 0 radical (unpaired) electrons. The molecule has 11 heteroatoms. The molecule has 0 aliphatic carbocycles. The fraction of sp³-hybridized carbons (Fsp3) is 0.200. The maximum atomic E-state index is 14.4. The number of nitrogens with zero attached hydrogens (tertiary/aromatic N) is 1. The lowest BCUT2D eigenvalue weighted by Gasteiger charge is -2.13. The summed E-state index contributed by atoms with van der Waals surface area (Å²) in [4.78, 5) is 15.7. The Hall–Kier alpha value is -2.95. The van der Waals surface area contributed by atoms with Crippen LogP contribution < -0.4 is 9.47 Å². The van der Waals surface area contributed by atoms with E-state index in [4.69, 9.17) is 9.15 Å². The zero-order valence-corrected chi connectivity index (χ0v) is 17.5. The summed E-state index contributed by atoms with van der Waals surface area (Å²) in [6, 6.07) is 6.85. The number of aromatic nitrogens is 1. The summed E-state index contributed by atoms with van der Waals surface area (Å²) in [5, 5.41) is 0. The van der Waals surface area contributed by atoms with Crippen molar-refractivity contribution in [3.05, 3.63) is 64.2 Å². The lowest BCUT2D eigenvalue weighted by atomic mass is 10.1. The van der Waals surface area contributed by atoms with Crippen molar-refractivity contribution in [3.8, 4) is 22.8 Å². The maximum Gasteiger partial charge on any atom is 0.573 e. The maximum absolute atomic E-state index is 14.4. The van der Waals surface area contributed by atoms with Gasteiger partial charge in [-0.15, -0.1) is 13.2 Å². The molecule has 5 nitrogen and oxygen atoms in total. The Bertz CT molecular complexity index is 1110. The highest BCUT2D eigenvalue weighted by atomic mass is 79.9. The molecule has 2 aromatic carbocycles. The molecule has 31 heavy (non-hydrogen) atoms. The molecule has 0 bridgehead atoms. The lowest BCUT2D eigenvalue weighted by molar-refractivity contribution is -0.274. The number of benzene rings is 2. The highest BCUT2D eigenvalue weighted by Gasteiger charge is 2.31. The van der Waals surface area contributed by atoms with E-state index in [2.05, 4.69) is 25.7 Å². The van der Waals surface area contributed by atoms with Crippen LogP contribution in [0.4, 0.5) is 22.0 Å². The number of ether oxygens (including phenoxy) is 2. The predicted octanol–water partition coefficient (Wildman–Crippen LogP) is 6.62. The van der Waals surface area contributed by atoms with Crippen molar-refractivity contribution in [1.29, 1.82) is 0 Å². The zero-order chi connectivity index (χ0) is 22.9. The van der Waals surface area contributed by atoms with Gasteiger partial charge in [0.1, 0.15) is 17.3 Å². The highest BCUT2D eigenvalue weighted by molar-refractivity contribution is 9.10. The Labute approximate surface area is 180 Å². The first-order chi connectivity index (χ1) is 14.5. The summed E-state index contributed by atoms with van der Waals surface area (Å²) < 4.78 is 79.8. The van der Waals surface area contributed by atoms with Gasteiger partial charge in [-0.2, -0.15) is 0 Å². The van der Waals surface area contributed by atoms with Gasteiger partial charge in [0.2, 0.25) is 5.89 Å². The molecular weight excluding hydrogens is 493 g/mol. The second kappa shape index (κ2) is 8.66. The molecule has 0 aliphatic heterocycles. The van der Waals surface area contributed by atoms with Gasteiger partial charge in [-0.25, -0.2) is 13.8 Å². The van der Waals surface area contributed by atoms with Crippen LogP contribution in [0.2, 0.25) is 0 Å². The molecule has 0 fully saturated rings. The van der Waals surface area contributed by atoms with Gasteiger partial charge in [0.15, 0.2) is 28.1 Å². The molecule has 0 N–H and O–H groups in total. The molecule has 0 spiro atoms. The van der Waals surface area contributed by atoms with Crippen molar-refractivity contribution in [2.24, 2.45) is 0 Å². The summed E-state index contributed by atoms with van der Waals surface area (Å²) in [7, 11) is 0. The highest BCUT2D eigenvalue weighted by Crippen LogP contribution is 2.34. The molecule has 3 rings (SSSR count). The first kappa shape index (κ1) is 22.7. The average molecular weight is 506 g/mol. The number of hydrogen-bond acceptors (Lipinski definition) is 5.